The highest BCUT2D eigenvalue weighted by Crippen LogP contribution is 2.25. The largest absolute Gasteiger partial charge is 0.325 e. The van der Waals surface area contributed by atoms with Crippen molar-refractivity contribution in [3.63, 3.8) is 0 Å². The minimum absolute atomic E-state index is 0.0710. The second kappa shape index (κ2) is 5.02. The van der Waals surface area contributed by atoms with Crippen LogP contribution in [0.25, 0.3) is 0 Å². The van der Waals surface area contributed by atoms with Gasteiger partial charge in [-0.05, 0) is 19.1 Å². The van der Waals surface area contributed by atoms with Crippen LogP contribution in [0.15, 0.2) is 35.2 Å². The lowest BCUT2D eigenvalue weighted by Gasteiger charge is -2.19. The molecule has 2 aromatic rings. The van der Waals surface area contributed by atoms with Gasteiger partial charge in [-0.1, -0.05) is 18.2 Å². The lowest BCUT2D eigenvalue weighted by Crippen LogP contribution is -2.28. The average molecular weight is 280 g/mol. The lowest BCUT2D eigenvalue weighted by molar-refractivity contribution is 0.592. The summed E-state index contributed by atoms with van der Waals surface area (Å²) in [6.45, 7) is 1.74. The van der Waals surface area contributed by atoms with E-state index in [1.165, 1.54) is 11.4 Å². The molecule has 0 fully saturated rings. The van der Waals surface area contributed by atoms with E-state index in [4.69, 9.17) is 5.73 Å². The number of hydrogen-bond donors (Lipinski definition) is 2. The molecule has 2 rings (SSSR count). The minimum Gasteiger partial charge on any atom is -0.325 e. The highest BCUT2D eigenvalue weighted by molar-refractivity contribution is 7.92. The Morgan fingerprint density at radius 3 is 2.53 bits per heavy atom. The van der Waals surface area contributed by atoms with Crippen LogP contribution in [0.5, 0.6) is 0 Å². The Morgan fingerprint density at radius 2 is 1.95 bits per heavy atom. The molecule has 0 atom stereocenters. The van der Waals surface area contributed by atoms with Crippen LogP contribution in [0.2, 0.25) is 0 Å². The molecule has 0 radical (unpaired) electrons. The number of hydrogen-bond acceptors (Lipinski definition) is 4. The van der Waals surface area contributed by atoms with E-state index in [2.05, 4.69) is 10.2 Å². The molecule has 0 saturated carbocycles. The first-order valence-corrected chi connectivity index (χ1v) is 7.20. The summed E-state index contributed by atoms with van der Waals surface area (Å²) in [4.78, 5) is 0.154. The fourth-order valence-electron chi connectivity index (χ4n) is 1.86. The Hall–Kier alpha value is -1.86. The monoisotopic (exact) mass is 280 g/mol. The third-order valence-corrected chi connectivity index (χ3v) is 4.88. The van der Waals surface area contributed by atoms with Crippen LogP contribution >= 0.6 is 0 Å². The predicted octanol–water partition coefficient (Wildman–Crippen LogP) is 1.00. The van der Waals surface area contributed by atoms with Crippen LogP contribution in [0, 0.1) is 6.92 Å². The molecule has 3 N–H and O–H groups in total. The maximum Gasteiger partial charge on any atom is 0.267 e. The fourth-order valence-corrected chi connectivity index (χ4v) is 3.40. The Kier molecular flexibility index (Phi) is 3.59. The van der Waals surface area contributed by atoms with E-state index in [-0.39, 0.29) is 11.4 Å². The highest BCUT2D eigenvalue weighted by Gasteiger charge is 2.28. The SMILES string of the molecule is Cc1[nH]nc(CN)c1S(=O)(=O)N(C)c1ccccc1. The van der Waals surface area contributed by atoms with Gasteiger partial charge in [-0.15, -0.1) is 0 Å². The van der Waals surface area contributed by atoms with Crippen LogP contribution in [-0.2, 0) is 16.6 Å². The quantitative estimate of drug-likeness (QED) is 0.874. The topological polar surface area (TPSA) is 92.1 Å². The van der Waals surface area contributed by atoms with Crippen LogP contribution in [0.3, 0.4) is 0 Å². The first-order valence-electron chi connectivity index (χ1n) is 5.76. The molecule has 0 aliphatic carbocycles. The molecule has 6 nitrogen and oxygen atoms in total. The molecule has 1 heterocycles. The van der Waals surface area contributed by atoms with Crippen molar-refractivity contribution in [3.8, 4) is 0 Å². The fraction of sp³-hybridized carbons (Fsp3) is 0.250. The van der Waals surface area contributed by atoms with Gasteiger partial charge < -0.3 is 5.73 Å². The van der Waals surface area contributed by atoms with Gasteiger partial charge in [0, 0.05) is 13.6 Å². The van der Waals surface area contributed by atoms with Gasteiger partial charge in [-0.25, -0.2) is 8.42 Å². The van der Waals surface area contributed by atoms with Crippen LogP contribution in [0.4, 0.5) is 5.69 Å². The molecule has 0 spiro atoms. The maximum atomic E-state index is 12.6. The number of rotatable bonds is 4. The molecule has 0 aliphatic rings. The van der Waals surface area contributed by atoms with E-state index in [0.717, 1.165) is 0 Å². The zero-order valence-corrected chi connectivity index (χ0v) is 11.6. The van der Waals surface area contributed by atoms with Crippen LogP contribution < -0.4 is 10.0 Å². The number of para-hydroxylation sites is 1. The van der Waals surface area contributed by atoms with E-state index in [0.29, 0.717) is 17.1 Å². The second-order valence-electron chi connectivity index (χ2n) is 4.14. The van der Waals surface area contributed by atoms with Crippen molar-refractivity contribution < 1.29 is 8.42 Å². The van der Waals surface area contributed by atoms with Crippen molar-refractivity contribution in [3.05, 3.63) is 41.7 Å². The Labute approximate surface area is 112 Å². The summed E-state index contributed by atoms with van der Waals surface area (Å²) in [6, 6.07) is 8.86. The summed E-state index contributed by atoms with van der Waals surface area (Å²) in [5.74, 6) is 0. The van der Waals surface area contributed by atoms with Gasteiger partial charge >= 0.3 is 0 Å². The second-order valence-corrected chi connectivity index (χ2v) is 6.04. The Morgan fingerprint density at radius 1 is 1.32 bits per heavy atom. The van der Waals surface area contributed by atoms with Crippen molar-refractivity contribution in [2.24, 2.45) is 5.73 Å². The smallest absolute Gasteiger partial charge is 0.267 e. The lowest BCUT2D eigenvalue weighted by atomic mass is 10.3. The number of aryl methyl sites for hydroxylation is 1. The first kappa shape index (κ1) is 13.6. The third kappa shape index (κ3) is 2.34. The number of aromatic nitrogens is 2. The van der Waals surface area contributed by atoms with Gasteiger partial charge in [0.05, 0.1) is 17.1 Å². The average Bonchev–Trinajstić information content (AvgIpc) is 2.80. The number of nitrogens with two attached hydrogens (primary N) is 1. The molecule has 0 saturated heterocycles. The zero-order valence-electron chi connectivity index (χ0n) is 10.8. The molecule has 1 aromatic carbocycles. The number of anilines is 1. The van der Waals surface area contributed by atoms with E-state index in [1.807, 2.05) is 6.07 Å². The van der Waals surface area contributed by atoms with Gasteiger partial charge in [0.15, 0.2) is 0 Å². The van der Waals surface area contributed by atoms with E-state index in [9.17, 15) is 8.42 Å². The van der Waals surface area contributed by atoms with E-state index >= 15 is 0 Å². The predicted molar refractivity (Wildman–Crippen MR) is 73.2 cm³/mol. The van der Waals surface area contributed by atoms with Crippen LogP contribution in [0.1, 0.15) is 11.4 Å². The standard InChI is InChI=1S/C12H16N4O2S/c1-9-12(11(8-13)15-14-9)19(17,18)16(2)10-6-4-3-5-7-10/h3-7H,8,13H2,1-2H3,(H,14,15). The zero-order chi connectivity index (χ0) is 14.0. The molecular weight excluding hydrogens is 264 g/mol. The van der Waals surface area contributed by atoms with Gasteiger partial charge in [-0.2, -0.15) is 5.10 Å². The molecule has 0 unspecified atom stereocenters. The van der Waals surface area contributed by atoms with Crippen molar-refractivity contribution in [1.29, 1.82) is 0 Å². The molecule has 19 heavy (non-hydrogen) atoms. The summed E-state index contributed by atoms with van der Waals surface area (Å²) >= 11 is 0. The Bertz CT molecular complexity index is 664. The van der Waals surface area contributed by atoms with Crippen molar-refractivity contribution >= 4 is 15.7 Å². The number of H-pyrrole nitrogens is 1. The Balaban J connectivity index is 2.51. The number of nitrogens with one attached hydrogen (secondary N) is 1. The van der Waals surface area contributed by atoms with Crippen molar-refractivity contribution in [2.45, 2.75) is 18.4 Å². The molecule has 0 bridgehead atoms. The normalized spacial score (nSPS) is 11.5. The summed E-state index contributed by atoms with van der Waals surface area (Å²) in [5, 5.41) is 6.59. The van der Waals surface area contributed by atoms with Gasteiger partial charge in [-0.3, -0.25) is 9.40 Å². The number of nitrogens with zero attached hydrogens (tertiary/aromatic N) is 2. The molecule has 0 aliphatic heterocycles. The van der Waals surface area contributed by atoms with E-state index < -0.39 is 10.0 Å². The molecular formula is C12H16N4O2S. The van der Waals surface area contributed by atoms with Crippen molar-refractivity contribution in [2.75, 3.05) is 11.4 Å². The molecule has 7 heteroatoms. The highest BCUT2D eigenvalue weighted by atomic mass is 32.2. The third-order valence-electron chi connectivity index (χ3n) is 2.89. The summed E-state index contributed by atoms with van der Waals surface area (Å²) in [5.41, 5.74) is 6.96. The van der Waals surface area contributed by atoms with Crippen LogP contribution in [-0.4, -0.2) is 25.7 Å². The molecule has 102 valence electrons. The van der Waals surface area contributed by atoms with Crippen molar-refractivity contribution in [1.82, 2.24) is 10.2 Å². The van der Waals surface area contributed by atoms with Gasteiger partial charge in [0.2, 0.25) is 0 Å². The molecule has 1 aromatic heterocycles. The maximum absolute atomic E-state index is 12.6. The number of benzene rings is 1. The van der Waals surface area contributed by atoms with Gasteiger partial charge in [0.25, 0.3) is 10.0 Å². The van der Waals surface area contributed by atoms with Gasteiger partial charge in [0.1, 0.15) is 4.90 Å². The summed E-state index contributed by atoms with van der Waals surface area (Å²) in [7, 11) is -2.15. The number of aromatic amines is 1. The summed E-state index contributed by atoms with van der Waals surface area (Å²) < 4.78 is 26.4. The summed E-state index contributed by atoms with van der Waals surface area (Å²) in [6.07, 6.45) is 0. The number of sulfonamides is 1. The minimum atomic E-state index is -3.66. The first-order chi connectivity index (χ1) is 8.98. The van der Waals surface area contributed by atoms with E-state index in [1.54, 1.807) is 31.2 Å². The molecule has 0 amide bonds.